The number of amides is 3. The van der Waals surface area contributed by atoms with Gasteiger partial charge in [-0.05, 0) is 76.1 Å². The predicted molar refractivity (Wildman–Crippen MR) is 132 cm³/mol. The summed E-state index contributed by atoms with van der Waals surface area (Å²) in [6.45, 7) is 6.46. The standard InChI is InChI=1S/C27H34FN5O4/c1-27(2,3)37-26(36)30-21(24(34)32-10-4-5-18(32)13-29)15-31-14-19-12-23(31)25(35)33(19)22-9-6-16-11-17(28)7-8-20(16)22/h7-8,11,18-19,21-23H,4-6,9-10,12,14-15H2,1-3H3,(H,30,36)/t18-,19-,21-,22+,23-/m0/s1. The van der Waals surface area contributed by atoms with E-state index in [1.807, 2.05) is 9.80 Å². The number of aryl methyl sites for hydroxylation is 1. The van der Waals surface area contributed by atoms with Crippen LogP contribution >= 0.6 is 0 Å². The number of hydrogen-bond acceptors (Lipinski definition) is 6. The number of nitriles is 1. The van der Waals surface area contributed by atoms with E-state index in [1.165, 1.54) is 11.0 Å². The minimum Gasteiger partial charge on any atom is -0.444 e. The van der Waals surface area contributed by atoms with Gasteiger partial charge in [0.25, 0.3) is 0 Å². The Labute approximate surface area is 216 Å². The van der Waals surface area contributed by atoms with Gasteiger partial charge >= 0.3 is 6.09 Å². The van der Waals surface area contributed by atoms with Crippen LogP contribution in [0.1, 0.15) is 63.6 Å². The Kier molecular flexibility index (Phi) is 6.61. The number of halogens is 1. The van der Waals surface area contributed by atoms with Crippen molar-refractivity contribution in [2.24, 2.45) is 0 Å². The second kappa shape index (κ2) is 9.60. The third kappa shape index (κ3) is 4.89. The molecular formula is C27H34FN5O4. The summed E-state index contributed by atoms with van der Waals surface area (Å²) in [7, 11) is 0. The molecular weight excluding hydrogens is 477 g/mol. The van der Waals surface area contributed by atoms with Crippen LogP contribution in [0.5, 0.6) is 0 Å². The number of carbonyl (C=O) groups is 3. The Morgan fingerprint density at radius 3 is 2.76 bits per heavy atom. The lowest BCUT2D eigenvalue weighted by Gasteiger charge is -2.39. The zero-order valence-corrected chi connectivity index (χ0v) is 21.6. The van der Waals surface area contributed by atoms with E-state index in [-0.39, 0.29) is 42.3 Å². The van der Waals surface area contributed by atoms with Gasteiger partial charge in [-0.25, -0.2) is 9.18 Å². The van der Waals surface area contributed by atoms with Crippen LogP contribution < -0.4 is 5.32 Å². The minimum atomic E-state index is -0.931. The van der Waals surface area contributed by atoms with Gasteiger partial charge in [0.15, 0.2) is 0 Å². The highest BCUT2D eigenvalue weighted by Gasteiger charge is 2.53. The number of ether oxygens (including phenoxy) is 1. The Bertz CT molecular complexity index is 1140. The maximum absolute atomic E-state index is 13.7. The first-order valence-corrected chi connectivity index (χ1v) is 13.1. The van der Waals surface area contributed by atoms with Crippen LogP contribution in [0.3, 0.4) is 0 Å². The van der Waals surface area contributed by atoms with E-state index in [1.54, 1.807) is 32.9 Å². The Hall–Kier alpha value is -3.19. The first-order valence-electron chi connectivity index (χ1n) is 13.1. The predicted octanol–water partition coefficient (Wildman–Crippen LogP) is 2.51. The number of likely N-dealkylation sites (tertiary alicyclic amines) is 3. The van der Waals surface area contributed by atoms with Crippen LogP contribution in [0.4, 0.5) is 9.18 Å². The van der Waals surface area contributed by atoms with Crippen LogP contribution in [0, 0.1) is 17.1 Å². The number of alkyl carbamates (subject to hydrolysis) is 1. The summed E-state index contributed by atoms with van der Waals surface area (Å²) in [5.41, 5.74) is 1.25. The molecule has 3 amide bonds. The summed E-state index contributed by atoms with van der Waals surface area (Å²) in [4.78, 5) is 45.1. The van der Waals surface area contributed by atoms with Crippen molar-refractivity contribution in [1.29, 1.82) is 5.26 Å². The summed E-state index contributed by atoms with van der Waals surface area (Å²) in [6.07, 6.45) is 2.82. The molecule has 4 aliphatic rings. The fraction of sp³-hybridized carbons (Fsp3) is 0.630. The van der Waals surface area contributed by atoms with E-state index in [9.17, 15) is 24.0 Å². The summed E-state index contributed by atoms with van der Waals surface area (Å²) in [6, 6.07) is 5.10. The van der Waals surface area contributed by atoms with E-state index in [0.717, 1.165) is 30.4 Å². The van der Waals surface area contributed by atoms with E-state index < -0.39 is 23.8 Å². The molecule has 2 bridgehead atoms. The number of nitrogens with one attached hydrogen (secondary N) is 1. The van der Waals surface area contributed by atoms with Crippen LogP contribution in [-0.2, 0) is 20.7 Å². The van der Waals surface area contributed by atoms with Gasteiger partial charge in [0, 0.05) is 25.7 Å². The van der Waals surface area contributed by atoms with Gasteiger partial charge < -0.3 is 19.9 Å². The fourth-order valence-corrected chi connectivity index (χ4v) is 6.39. The summed E-state index contributed by atoms with van der Waals surface area (Å²) in [5, 5.41) is 12.2. The van der Waals surface area contributed by atoms with Gasteiger partial charge in [-0.3, -0.25) is 14.5 Å². The molecule has 1 aliphatic carbocycles. The van der Waals surface area contributed by atoms with Gasteiger partial charge in [0.1, 0.15) is 23.5 Å². The Morgan fingerprint density at radius 1 is 1.27 bits per heavy atom. The Morgan fingerprint density at radius 2 is 2.05 bits per heavy atom. The minimum absolute atomic E-state index is 0.00516. The maximum Gasteiger partial charge on any atom is 0.408 e. The van der Waals surface area contributed by atoms with E-state index >= 15 is 0 Å². The molecule has 37 heavy (non-hydrogen) atoms. The third-order valence-corrected chi connectivity index (χ3v) is 7.89. The molecule has 1 N–H and O–H groups in total. The van der Waals surface area contributed by atoms with Gasteiger partial charge in [-0.15, -0.1) is 0 Å². The largest absolute Gasteiger partial charge is 0.444 e. The molecule has 0 unspecified atom stereocenters. The molecule has 0 saturated carbocycles. The molecule has 5 rings (SSSR count). The lowest BCUT2D eigenvalue weighted by Crippen LogP contribution is -2.59. The van der Waals surface area contributed by atoms with Gasteiger partial charge in [0.05, 0.1) is 18.2 Å². The molecule has 0 radical (unpaired) electrons. The summed E-state index contributed by atoms with van der Waals surface area (Å²) < 4.78 is 19.1. The van der Waals surface area contributed by atoms with Crippen LogP contribution in [0.15, 0.2) is 18.2 Å². The van der Waals surface area contributed by atoms with Crippen molar-refractivity contribution in [1.82, 2.24) is 20.0 Å². The third-order valence-electron chi connectivity index (χ3n) is 7.89. The van der Waals surface area contributed by atoms with Crippen molar-refractivity contribution >= 4 is 17.9 Å². The van der Waals surface area contributed by atoms with Gasteiger partial charge in [-0.2, -0.15) is 5.26 Å². The van der Waals surface area contributed by atoms with E-state index in [2.05, 4.69) is 11.4 Å². The molecule has 198 valence electrons. The smallest absolute Gasteiger partial charge is 0.408 e. The molecule has 0 aromatic heterocycles. The van der Waals surface area contributed by atoms with Crippen molar-refractivity contribution in [2.45, 2.75) is 88.7 Å². The second-order valence-electron chi connectivity index (χ2n) is 11.5. The molecule has 1 aromatic carbocycles. The highest BCUT2D eigenvalue weighted by molar-refractivity contribution is 5.88. The molecule has 1 aromatic rings. The average molecular weight is 512 g/mol. The van der Waals surface area contributed by atoms with Gasteiger partial charge in [-0.1, -0.05) is 6.07 Å². The second-order valence-corrected chi connectivity index (χ2v) is 11.5. The number of hydrogen-bond donors (Lipinski definition) is 1. The van der Waals surface area contributed by atoms with Crippen molar-refractivity contribution < 1.29 is 23.5 Å². The molecule has 10 heteroatoms. The lowest BCUT2D eigenvalue weighted by atomic mass is 10.1. The van der Waals surface area contributed by atoms with Crippen LogP contribution in [0.2, 0.25) is 0 Å². The summed E-state index contributed by atoms with van der Waals surface area (Å²) >= 11 is 0. The molecule has 5 atom stereocenters. The maximum atomic E-state index is 13.7. The number of benzene rings is 1. The van der Waals surface area contributed by atoms with Crippen LogP contribution in [-0.4, -0.2) is 82.0 Å². The first-order chi connectivity index (χ1) is 17.6. The van der Waals surface area contributed by atoms with Crippen molar-refractivity contribution in [3.8, 4) is 6.07 Å². The summed E-state index contributed by atoms with van der Waals surface area (Å²) in [5.74, 6) is -0.573. The molecule has 9 nitrogen and oxygen atoms in total. The topological polar surface area (TPSA) is 106 Å². The van der Waals surface area contributed by atoms with Gasteiger partial charge in [0.2, 0.25) is 11.8 Å². The molecule has 3 saturated heterocycles. The first kappa shape index (κ1) is 25.5. The quantitative estimate of drug-likeness (QED) is 0.651. The van der Waals surface area contributed by atoms with Crippen molar-refractivity contribution in [3.63, 3.8) is 0 Å². The molecule has 3 fully saturated rings. The number of carbonyl (C=O) groups excluding carboxylic acids is 3. The Balaban J connectivity index is 1.30. The van der Waals surface area contributed by atoms with E-state index in [0.29, 0.717) is 25.9 Å². The SMILES string of the molecule is CC(C)(C)OC(=O)N[C@@H](CN1C[C@@H]2C[C@H]1C(=O)N2[C@@H]1CCc2cc(F)ccc21)C(=O)N1CCC[C@H]1C#N. The average Bonchev–Trinajstić information content (AvgIpc) is 3.59. The normalized spacial score (nSPS) is 27.8. The zero-order valence-electron chi connectivity index (χ0n) is 21.6. The lowest BCUT2D eigenvalue weighted by molar-refractivity contribution is -0.141. The number of rotatable bonds is 5. The molecule has 3 aliphatic heterocycles. The number of piperazine rings is 1. The highest BCUT2D eigenvalue weighted by atomic mass is 19.1. The van der Waals surface area contributed by atoms with E-state index in [4.69, 9.17) is 4.74 Å². The fourth-order valence-electron chi connectivity index (χ4n) is 6.39. The zero-order chi connectivity index (χ0) is 26.5. The number of fused-ring (bicyclic) bond motifs is 3. The van der Waals surface area contributed by atoms with Crippen molar-refractivity contribution in [2.75, 3.05) is 19.6 Å². The van der Waals surface area contributed by atoms with Crippen molar-refractivity contribution in [3.05, 3.63) is 35.1 Å². The van der Waals surface area contributed by atoms with Crippen LogP contribution in [0.25, 0.3) is 0 Å². The highest BCUT2D eigenvalue weighted by Crippen LogP contribution is 2.44. The number of nitrogens with zero attached hydrogens (tertiary/aromatic N) is 4. The monoisotopic (exact) mass is 511 g/mol. The molecule has 3 heterocycles. The molecule has 0 spiro atoms.